The number of hydrogen-bond acceptors (Lipinski definition) is 3. The van der Waals surface area contributed by atoms with Gasteiger partial charge in [-0.05, 0) is 29.5 Å². The van der Waals surface area contributed by atoms with Crippen LogP contribution in [0.2, 0.25) is 5.02 Å². The molecule has 0 bridgehead atoms. The highest BCUT2D eigenvalue weighted by molar-refractivity contribution is 7.10. The Bertz CT molecular complexity index is 584. The number of para-hydroxylation sites is 1. The number of ether oxygens (including phenoxy) is 1. The van der Waals surface area contributed by atoms with E-state index in [0.717, 1.165) is 4.88 Å². The van der Waals surface area contributed by atoms with Crippen LogP contribution in [0.25, 0.3) is 0 Å². The molecule has 1 N–H and O–H groups in total. The number of benzene rings is 1. The molecule has 0 aliphatic carbocycles. The van der Waals surface area contributed by atoms with Crippen molar-refractivity contribution in [2.45, 2.75) is 19.9 Å². The molecular formula is C16H18ClNO2S. The van der Waals surface area contributed by atoms with Gasteiger partial charge in [0.05, 0.1) is 11.1 Å². The number of hydrogen-bond donors (Lipinski definition) is 1. The maximum Gasteiger partial charge on any atom is 0.258 e. The second-order valence-electron chi connectivity index (χ2n) is 5.02. The number of nitrogens with one attached hydrogen (secondary N) is 1. The van der Waals surface area contributed by atoms with Gasteiger partial charge in [-0.2, -0.15) is 0 Å². The molecule has 1 atom stereocenters. The number of rotatable bonds is 6. The van der Waals surface area contributed by atoms with Crippen LogP contribution in [0.4, 0.5) is 0 Å². The number of thiophene rings is 1. The monoisotopic (exact) mass is 323 g/mol. The molecular weight excluding hydrogens is 306 g/mol. The van der Waals surface area contributed by atoms with E-state index in [4.69, 9.17) is 16.3 Å². The SMILES string of the molecule is CC(C)[C@H](NC(=O)COc1ccccc1Cl)c1cccs1. The molecule has 0 aliphatic rings. The Labute approximate surface area is 133 Å². The summed E-state index contributed by atoms with van der Waals surface area (Å²) in [6, 6.07) is 11.1. The zero-order chi connectivity index (χ0) is 15.2. The third kappa shape index (κ3) is 4.48. The van der Waals surface area contributed by atoms with Crippen LogP contribution in [0.1, 0.15) is 24.8 Å². The van der Waals surface area contributed by atoms with E-state index in [2.05, 4.69) is 19.2 Å². The predicted molar refractivity (Wildman–Crippen MR) is 87.0 cm³/mol. The van der Waals surface area contributed by atoms with E-state index < -0.39 is 0 Å². The van der Waals surface area contributed by atoms with Crippen LogP contribution >= 0.6 is 22.9 Å². The quantitative estimate of drug-likeness (QED) is 0.861. The molecule has 0 spiro atoms. The minimum absolute atomic E-state index is 0.00680. The molecule has 0 saturated carbocycles. The summed E-state index contributed by atoms with van der Waals surface area (Å²) in [5.41, 5.74) is 0. The van der Waals surface area contributed by atoms with Crippen molar-refractivity contribution in [1.29, 1.82) is 0 Å². The first-order valence-electron chi connectivity index (χ1n) is 6.78. The Kier molecular flexibility index (Phi) is 5.65. The van der Waals surface area contributed by atoms with Gasteiger partial charge in [-0.25, -0.2) is 0 Å². The molecule has 0 radical (unpaired) electrons. The third-order valence-corrected chi connectivity index (χ3v) is 4.30. The lowest BCUT2D eigenvalue weighted by molar-refractivity contribution is -0.124. The largest absolute Gasteiger partial charge is 0.482 e. The third-order valence-electron chi connectivity index (χ3n) is 3.03. The minimum Gasteiger partial charge on any atom is -0.482 e. The van der Waals surface area contributed by atoms with Gasteiger partial charge in [-0.1, -0.05) is 43.6 Å². The van der Waals surface area contributed by atoms with E-state index in [1.54, 1.807) is 23.5 Å². The first-order chi connectivity index (χ1) is 10.1. The molecule has 112 valence electrons. The normalized spacial score (nSPS) is 12.2. The Balaban J connectivity index is 1.93. The summed E-state index contributed by atoms with van der Waals surface area (Å²) in [5.74, 6) is 0.682. The molecule has 0 saturated heterocycles. The van der Waals surface area contributed by atoms with E-state index in [1.807, 2.05) is 29.6 Å². The number of halogens is 1. The molecule has 2 rings (SSSR count). The maximum absolute atomic E-state index is 12.1. The Hall–Kier alpha value is -1.52. The topological polar surface area (TPSA) is 38.3 Å². The first-order valence-corrected chi connectivity index (χ1v) is 8.03. The Morgan fingerprint density at radius 2 is 2.05 bits per heavy atom. The molecule has 1 heterocycles. The van der Waals surface area contributed by atoms with E-state index in [-0.39, 0.29) is 18.6 Å². The highest BCUT2D eigenvalue weighted by Crippen LogP contribution is 2.26. The van der Waals surface area contributed by atoms with Crippen LogP contribution in [-0.2, 0) is 4.79 Å². The van der Waals surface area contributed by atoms with Gasteiger partial charge in [-0.3, -0.25) is 4.79 Å². The summed E-state index contributed by atoms with van der Waals surface area (Å²) in [5, 5.41) is 5.53. The van der Waals surface area contributed by atoms with E-state index >= 15 is 0 Å². The zero-order valence-corrected chi connectivity index (χ0v) is 13.6. The van der Waals surface area contributed by atoms with Crippen LogP contribution in [0.5, 0.6) is 5.75 Å². The van der Waals surface area contributed by atoms with Crippen LogP contribution in [0.15, 0.2) is 41.8 Å². The van der Waals surface area contributed by atoms with E-state index in [0.29, 0.717) is 16.7 Å². The van der Waals surface area contributed by atoms with Crippen LogP contribution in [0.3, 0.4) is 0 Å². The average molecular weight is 324 g/mol. The van der Waals surface area contributed by atoms with Gasteiger partial charge in [-0.15, -0.1) is 11.3 Å². The van der Waals surface area contributed by atoms with Crippen molar-refractivity contribution in [2.75, 3.05) is 6.61 Å². The summed E-state index contributed by atoms with van der Waals surface area (Å²) in [4.78, 5) is 13.2. The zero-order valence-electron chi connectivity index (χ0n) is 12.0. The molecule has 2 aromatic rings. The van der Waals surface area contributed by atoms with Gasteiger partial charge in [0, 0.05) is 4.88 Å². The number of carbonyl (C=O) groups is 1. The van der Waals surface area contributed by atoms with Gasteiger partial charge < -0.3 is 10.1 Å². The molecule has 21 heavy (non-hydrogen) atoms. The fourth-order valence-electron chi connectivity index (χ4n) is 1.95. The van der Waals surface area contributed by atoms with Gasteiger partial charge in [0.1, 0.15) is 5.75 Å². The van der Waals surface area contributed by atoms with Gasteiger partial charge in [0.15, 0.2) is 6.61 Å². The maximum atomic E-state index is 12.1. The van der Waals surface area contributed by atoms with Crippen LogP contribution in [0, 0.1) is 5.92 Å². The van der Waals surface area contributed by atoms with Crippen LogP contribution in [-0.4, -0.2) is 12.5 Å². The second-order valence-corrected chi connectivity index (χ2v) is 6.41. The first kappa shape index (κ1) is 15.9. The smallest absolute Gasteiger partial charge is 0.258 e. The van der Waals surface area contributed by atoms with Crippen molar-refractivity contribution in [3.05, 3.63) is 51.7 Å². The van der Waals surface area contributed by atoms with E-state index in [1.165, 1.54) is 0 Å². The van der Waals surface area contributed by atoms with Crippen molar-refractivity contribution in [1.82, 2.24) is 5.32 Å². The molecule has 1 aromatic carbocycles. The van der Waals surface area contributed by atoms with Crippen molar-refractivity contribution >= 4 is 28.8 Å². The average Bonchev–Trinajstić information content (AvgIpc) is 2.97. The molecule has 1 amide bonds. The van der Waals surface area contributed by atoms with Gasteiger partial charge >= 0.3 is 0 Å². The Morgan fingerprint density at radius 1 is 1.29 bits per heavy atom. The summed E-state index contributed by atoms with van der Waals surface area (Å²) in [6.45, 7) is 4.12. The summed E-state index contributed by atoms with van der Waals surface area (Å²) in [7, 11) is 0. The molecule has 0 unspecified atom stereocenters. The van der Waals surface area contributed by atoms with Crippen LogP contribution < -0.4 is 10.1 Å². The van der Waals surface area contributed by atoms with E-state index in [9.17, 15) is 4.79 Å². The lowest BCUT2D eigenvalue weighted by atomic mass is 10.0. The van der Waals surface area contributed by atoms with Crippen molar-refractivity contribution in [2.24, 2.45) is 5.92 Å². The van der Waals surface area contributed by atoms with Crippen molar-refractivity contribution in [3.8, 4) is 5.75 Å². The number of amides is 1. The van der Waals surface area contributed by atoms with Crippen molar-refractivity contribution in [3.63, 3.8) is 0 Å². The number of carbonyl (C=O) groups excluding carboxylic acids is 1. The predicted octanol–water partition coefficient (Wildman–Crippen LogP) is 4.29. The minimum atomic E-state index is -0.151. The molecule has 1 aromatic heterocycles. The summed E-state index contributed by atoms with van der Waals surface area (Å²) in [6.07, 6.45) is 0. The lowest BCUT2D eigenvalue weighted by Crippen LogP contribution is -2.34. The molecule has 0 aliphatic heterocycles. The molecule has 0 fully saturated rings. The molecule has 3 nitrogen and oxygen atoms in total. The molecule has 5 heteroatoms. The Morgan fingerprint density at radius 3 is 2.67 bits per heavy atom. The highest BCUT2D eigenvalue weighted by Gasteiger charge is 2.19. The standard InChI is InChI=1S/C16H18ClNO2S/c1-11(2)16(14-8-5-9-21-14)18-15(19)10-20-13-7-4-3-6-12(13)17/h3-9,11,16H,10H2,1-2H3,(H,18,19)/t16-/m0/s1. The fraction of sp³-hybridized carbons (Fsp3) is 0.312. The van der Waals surface area contributed by atoms with Crippen molar-refractivity contribution < 1.29 is 9.53 Å². The second kappa shape index (κ2) is 7.48. The summed E-state index contributed by atoms with van der Waals surface area (Å²) < 4.78 is 5.46. The fourth-order valence-corrected chi connectivity index (χ4v) is 3.09. The van der Waals surface area contributed by atoms with Gasteiger partial charge in [0.25, 0.3) is 5.91 Å². The highest BCUT2D eigenvalue weighted by atomic mass is 35.5. The van der Waals surface area contributed by atoms with Gasteiger partial charge in [0.2, 0.25) is 0 Å². The summed E-state index contributed by atoms with van der Waals surface area (Å²) >= 11 is 7.63. The lowest BCUT2D eigenvalue weighted by Gasteiger charge is -2.21.